The predicted octanol–water partition coefficient (Wildman–Crippen LogP) is 18.9. The summed E-state index contributed by atoms with van der Waals surface area (Å²) in [5, 5.41) is 10.2. The molecule has 0 saturated heterocycles. The molecule has 0 bridgehead atoms. The van der Waals surface area contributed by atoms with Gasteiger partial charge in [0.2, 0.25) is 0 Å². The number of hydrogen-bond donors (Lipinski definition) is 0. The SMILES string of the molecule is c1ccc2c(-c3cc(-c4cccc5ccccc45)cc(N(c4ccc(-c5cccc6c5sc5ccccc56)cc4)c4ccc(-c5cccc6c5sc5ccccc56)cc4)c3)cccc2c1. The van der Waals surface area contributed by atoms with Crippen LogP contribution in [0.3, 0.4) is 0 Å². The van der Waals surface area contributed by atoms with Gasteiger partial charge in [-0.25, -0.2) is 0 Å². The Morgan fingerprint density at radius 3 is 1.09 bits per heavy atom. The van der Waals surface area contributed by atoms with Crippen LogP contribution in [0.5, 0.6) is 0 Å². The molecule has 0 aliphatic heterocycles. The zero-order valence-corrected chi connectivity index (χ0v) is 36.9. The maximum Gasteiger partial charge on any atom is 0.0473 e. The normalized spacial score (nSPS) is 11.7. The van der Waals surface area contributed by atoms with Crippen molar-refractivity contribution in [3.63, 3.8) is 0 Å². The largest absolute Gasteiger partial charge is 0.310 e. The van der Waals surface area contributed by atoms with Crippen molar-refractivity contribution >= 4 is 102 Å². The molecule has 0 radical (unpaired) electrons. The Labute approximate surface area is 385 Å². The average molecular weight is 862 g/mol. The molecule has 0 spiro atoms. The standard InChI is InChI=1S/C62H39NS2/c1-3-17-49-40(13-1)15-9-21-51(49)44-37-45(52-22-10-16-41-14-2-4-18-50(41)52)39-48(38-44)63(46-33-29-42(30-34-46)53-23-11-25-57-55-19-5-7-27-59(55)64-61(53)57)47-35-31-43(32-36-47)54-24-12-26-58-56-20-6-8-28-60(56)65-62(54)58/h1-39H. The lowest BCUT2D eigenvalue weighted by Gasteiger charge is -2.27. The van der Waals surface area contributed by atoms with E-state index in [0.717, 1.165) is 17.1 Å². The highest BCUT2D eigenvalue weighted by atomic mass is 32.1. The van der Waals surface area contributed by atoms with E-state index in [2.05, 4.69) is 241 Å². The molecule has 3 heteroatoms. The number of benzene rings is 11. The van der Waals surface area contributed by atoms with E-state index in [0.29, 0.717) is 0 Å². The first-order valence-electron chi connectivity index (χ1n) is 22.1. The van der Waals surface area contributed by atoms with Crippen LogP contribution in [-0.4, -0.2) is 0 Å². The summed E-state index contributed by atoms with van der Waals surface area (Å²) in [4.78, 5) is 2.44. The summed E-state index contributed by atoms with van der Waals surface area (Å²) in [6, 6.07) is 87.3. The van der Waals surface area contributed by atoms with Gasteiger partial charge in [-0.3, -0.25) is 0 Å². The molecule has 13 aromatic rings. The summed E-state index contributed by atoms with van der Waals surface area (Å²) >= 11 is 3.76. The van der Waals surface area contributed by atoms with Gasteiger partial charge in [0.25, 0.3) is 0 Å². The Bertz CT molecular complexity index is 3680. The average Bonchev–Trinajstić information content (AvgIpc) is 3.95. The molecule has 1 nitrogen and oxygen atoms in total. The highest BCUT2D eigenvalue weighted by molar-refractivity contribution is 7.26. The molecule has 0 saturated carbocycles. The third kappa shape index (κ3) is 6.43. The zero-order chi connectivity index (χ0) is 42.8. The first-order chi connectivity index (χ1) is 32.2. The van der Waals surface area contributed by atoms with Crippen molar-refractivity contribution in [1.82, 2.24) is 0 Å². The summed E-state index contributed by atoms with van der Waals surface area (Å²) in [7, 11) is 0. The number of hydrogen-bond acceptors (Lipinski definition) is 3. The van der Waals surface area contributed by atoms with Crippen molar-refractivity contribution in [3.05, 3.63) is 237 Å². The highest BCUT2D eigenvalue weighted by Crippen LogP contribution is 2.46. The maximum atomic E-state index is 2.44. The molecule has 0 atom stereocenters. The van der Waals surface area contributed by atoms with Crippen LogP contribution < -0.4 is 4.90 Å². The van der Waals surface area contributed by atoms with Crippen molar-refractivity contribution in [2.24, 2.45) is 0 Å². The number of thiophene rings is 2. The second kappa shape index (κ2) is 15.5. The Balaban J connectivity index is 1.01. The molecule has 11 aromatic carbocycles. The monoisotopic (exact) mass is 861 g/mol. The van der Waals surface area contributed by atoms with Crippen LogP contribution in [0.2, 0.25) is 0 Å². The minimum Gasteiger partial charge on any atom is -0.310 e. The summed E-state index contributed by atoms with van der Waals surface area (Å²) in [5.41, 5.74) is 13.0. The van der Waals surface area contributed by atoms with E-state index < -0.39 is 0 Å². The van der Waals surface area contributed by atoms with Gasteiger partial charge in [-0.05, 0) is 121 Å². The summed E-state index contributed by atoms with van der Waals surface area (Å²) < 4.78 is 5.28. The quantitative estimate of drug-likeness (QED) is 0.154. The molecule has 2 aromatic heterocycles. The molecular formula is C62H39NS2. The first kappa shape index (κ1) is 37.7. The van der Waals surface area contributed by atoms with Gasteiger partial charge in [-0.2, -0.15) is 0 Å². The Morgan fingerprint density at radius 2 is 0.615 bits per heavy atom. The molecular weight excluding hydrogens is 823 g/mol. The zero-order valence-electron chi connectivity index (χ0n) is 35.3. The van der Waals surface area contributed by atoms with E-state index in [-0.39, 0.29) is 0 Å². The minimum atomic E-state index is 1.09. The van der Waals surface area contributed by atoms with Gasteiger partial charge in [0.15, 0.2) is 0 Å². The van der Waals surface area contributed by atoms with Crippen molar-refractivity contribution in [2.45, 2.75) is 0 Å². The molecule has 0 N–H and O–H groups in total. The van der Waals surface area contributed by atoms with Gasteiger partial charge in [0, 0.05) is 57.4 Å². The van der Waals surface area contributed by atoms with Gasteiger partial charge in [-0.1, -0.05) is 182 Å². The molecule has 0 aliphatic carbocycles. The number of nitrogens with zero attached hydrogens (tertiary/aromatic N) is 1. The van der Waals surface area contributed by atoms with Crippen molar-refractivity contribution in [3.8, 4) is 44.5 Å². The molecule has 2 heterocycles. The second-order valence-corrected chi connectivity index (χ2v) is 18.9. The highest BCUT2D eigenvalue weighted by Gasteiger charge is 2.19. The third-order valence-electron chi connectivity index (χ3n) is 13.1. The van der Waals surface area contributed by atoms with E-state index in [9.17, 15) is 0 Å². The molecule has 13 rings (SSSR count). The number of anilines is 3. The van der Waals surface area contributed by atoms with Crippen LogP contribution in [0.15, 0.2) is 237 Å². The smallest absolute Gasteiger partial charge is 0.0473 e. The van der Waals surface area contributed by atoms with Crippen LogP contribution in [0, 0.1) is 0 Å². The lowest BCUT2D eigenvalue weighted by molar-refractivity contribution is 1.28. The van der Waals surface area contributed by atoms with Gasteiger partial charge >= 0.3 is 0 Å². The molecule has 0 aliphatic rings. The van der Waals surface area contributed by atoms with Crippen LogP contribution in [0.1, 0.15) is 0 Å². The van der Waals surface area contributed by atoms with Gasteiger partial charge in [0.1, 0.15) is 0 Å². The van der Waals surface area contributed by atoms with E-state index in [1.54, 1.807) is 0 Å². The van der Waals surface area contributed by atoms with Gasteiger partial charge in [-0.15, -0.1) is 22.7 Å². The lowest BCUT2D eigenvalue weighted by Crippen LogP contribution is -2.10. The van der Waals surface area contributed by atoms with Crippen LogP contribution in [0.4, 0.5) is 17.1 Å². The fraction of sp³-hybridized carbons (Fsp3) is 0. The molecule has 304 valence electrons. The number of fused-ring (bicyclic) bond motifs is 8. The Morgan fingerprint density at radius 1 is 0.246 bits per heavy atom. The molecule has 0 unspecified atom stereocenters. The van der Waals surface area contributed by atoms with Crippen molar-refractivity contribution in [1.29, 1.82) is 0 Å². The predicted molar refractivity (Wildman–Crippen MR) is 284 cm³/mol. The third-order valence-corrected chi connectivity index (χ3v) is 15.5. The van der Waals surface area contributed by atoms with Crippen LogP contribution >= 0.6 is 22.7 Å². The summed E-state index contributed by atoms with van der Waals surface area (Å²) in [6.45, 7) is 0. The molecule has 0 amide bonds. The van der Waals surface area contributed by atoms with E-state index >= 15 is 0 Å². The summed E-state index contributed by atoms with van der Waals surface area (Å²) in [5.74, 6) is 0. The topological polar surface area (TPSA) is 3.24 Å². The fourth-order valence-corrected chi connectivity index (χ4v) is 12.5. The fourth-order valence-electron chi connectivity index (χ4n) is 9.98. The Hall–Kier alpha value is -7.82. The van der Waals surface area contributed by atoms with Gasteiger partial charge < -0.3 is 4.90 Å². The molecule has 0 fully saturated rings. The van der Waals surface area contributed by atoms with E-state index in [1.165, 1.54) is 106 Å². The maximum absolute atomic E-state index is 2.44. The van der Waals surface area contributed by atoms with Crippen LogP contribution in [0.25, 0.3) is 106 Å². The van der Waals surface area contributed by atoms with E-state index in [1.807, 2.05) is 22.7 Å². The molecule has 65 heavy (non-hydrogen) atoms. The lowest BCUT2D eigenvalue weighted by atomic mass is 9.92. The summed E-state index contributed by atoms with van der Waals surface area (Å²) in [6.07, 6.45) is 0. The Kier molecular flexibility index (Phi) is 8.97. The van der Waals surface area contributed by atoms with Crippen molar-refractivity contribution in [2.75, 3.05) is 4.90 Å². The minimum absolute atomic E-state index is 1.09. The first-order valence-corrected chi connectivity index (χ1v) is 23.8. The van der Waals surface area contributed by atoms with Crippen molar-refractivity contribution < 1.29 is 0 Å². The van der Waals surface area contributed by atoms with E-state index in [4.69, 9.17) is 0 Å². The van der Waals surface area contributed by atoms with Crippen LogP contribution in [-0.2, 0) is 0 Å². The number of rotatable bonds is 7. The second-order valence-electron chi connectivity index (χ2n) is 16.8. The van der Waals surface area contributed by atoms with Gasteiger partial charge in [0.05, 0.1) is 0 Å².